The van der Waals surface area contributed by atoms with Crippen molar-refractivity contribution >= 4 is 27.8 Å². The van der Waals surface area contributed by atoms with Gasteiger partial charge in [-0.3, -0.25) is 9.59 Å². The van der Waals surface area contributed by atoms with Gasteiger partial charge in [-0.25, -0.2) is 13.2 Å². The maximum Gasteiger partial charge on any atom is 0.490 e. The number of amides is 2. The normalized spacial score (nSPS) is 27.0. The van der Waals surface area contributed by atoms with Gasteiger partial charge in [-0.15, -0.1) is 0 Å². The lowest BCUT2D eigenvalue weighted by Crippen LogP contribution is -2.62. The third-order valence-corrected chi connectivity index (χ3v) is 8.80. The van der Waals surface area contributed by atoms with Gasteiger partial charge in [-0.1, -0.05) is 18.2 Å². The Morgan fingerprint density at radius 1 is 1.19 bits per heavy atom. The number of halogens is 3. The minimum Gasteiger partial charge on any atom is -0.475 e. The molecule has 12 nitrogen and oxygen atoms in total. The first-order valence-corrected chi connectivity index (χ1v) is 14.8. The van der Waals surface area contributed by atoms with Crippen molar-refractivity contribution in [2.24, 2.45) is 0 Å². The third kappa shape index (κ3) is 8.50. The minimum absolute atomic E-state index is 0.0577. The van der Waals surface area contributed by atoms with Crippen molar-refractivity contribution in [1.29, 1.82) is 0 Å². The summed E-state index contributed by atoms with van der Waals surface area (Å²) in [6, 6.07) is 5.97. The molecule has 1 aromatic rings. The number of nitrogens with zero attached hydrogens (tertiary/aromatic N) is 2. The molecule has 2 amide bonds. The van der Waals surface area contributed by atoms with Crippen LogP contribution in [0.1, 0.15) is 29.6 Å². The van der Waals surface area contributed by atoms with Gasteiger partial charge in [0.25, 0.3) is 11.8 Å². The molecular formula is C26H35F3N4O8S. The van der Waals surface area contributed by atoms with Crippen molar-refractivity contribution in [3.8, 4) is 0 Å². The van der Waals surface area contributed by atoms with E-state index in [1.54, 1.807) is 29.2 Å². The van der Waals surface area contributed by atoms with E-state index in [1.165, 1.54) is 23.5 Å². The first-order chi connectivity index (χ1) is 19.8. The van der Waals surface area contributed by atoms with Crippen LogP contribution in [0.5, 0.6) is 0 Å². The average molecular weight is 621 g/mol. The van der Waals surface area contributed by atoms with Crippen LogP contribution in [0.3, 0.4) is 0 Å². The summed E-state index contributed by atoms with van der Waals surface area (Å²) in [5.74, 6) is -3.26. The number of carbonyl (C=O) groups excluding carboxylic acids is 2. The highest BCUT2D eigenvalue weighted by Crippen LogP contribution is 2.23. The number of hydrogen-bond acceptors (Lipinski definition) is 8. The van der Waals surface area contributed by atoms with Crippen LogP contribution >= 0.6 is 0 Å². The lowest BCUT2D eigenvalue weighted by molar-refractivity contribution is -0.192. The molecule has 0 saturated carbocycles. The molecule has 2 fully saturated rings. The maximum absolute atomic E-state index is 13.4. The molecule has 3 aliphatic rings. The molecule has 4 rings (SSSR count). The van der Waals surface area contributed by atoms with E-state index < -0.39 is 27.8 Å². The summed E-state index contributed by atoms with van der Waals surface area (Å²) in [6.07, 6.45) is 0.883. The molecule has 2 saturated heterocycles. The van der Waals surface area contributed by atoms with E-state index in [2.05, 4.69) is 10.6 Å². The Labute approximate surface area is 241 Å². The Balaban J connectivity index is 0.000000616. The molecule has 0 aromatic heterocycles. The fourth-order valence-electron chi connectivity index (χ4n) is 4.63. The molecule has 3 N–H and O–H groups in total. The lowest BCUT2D eigenvalue weighted by Gasteiger charge is -2.39. The van der Waals surface area contributed by atoms with Crippen LogP contribution in [0.15, 0.2) is 41.3 Å². The summed E-state index contributed by atoms with van der Waals surface area (Å²) in [7, 11) is -2.28. The van der Waals surface area contributed by atoms with E-state index in [4.69, 9.17) is 19.4 Å². The van der Waals surface area contributed by atoms with Crippen molar-refractivity contribution < 1.29 is 50.6 Å². The van der Waals surface area contributed by atoms with Gasteiger partial charge in [0, 0.05) is 51.4 Å². The van der Waals surface area contributed by atoms with Gasteiger partial charge in [0.15, 0.2) is 5.60 Å². The smallest absolute Gasteiger partial charge is 0.475 e. The van der Waals surface area contributed by atoms with E-state index >= 15 is 0 Å². The molecule has 0 radical (unpaired) electrons. The van der Waals surface area contributed by atoms with Crippen LogP contribution in [0.4, 0.5) is 13.2 Å². The van der Waals surface area contributed by atoms with Crippen LogP contribution < -0.4 is 10.6 Å². The van der Waals surface area contributed by atoms with E-state index in [9.17, 15) is 31.2 Å². The summed E-state index contributed by atoms with van der Waals surface area (Å²) in [6.45, 7) is 2.61. The number of sulfonamides is 1. The molecule has 3 heterocycles. The van der Waals surface area contributed by atoms with Crippen LogP contribution in [-0.2, 0) is 29.1 Å². The number of aliphatic carboxylic acids is 1. The second kappa shape index (κ2) is 14.4. The Morgan fingerprint density at radius 2 is 1.93 bits per heavy atom. The molecule has 42 heavy (non-hydrogen) atoms. The largest absolute Gasteiger partial charge is 0.490 e. The molecule has 0 aliphatic carbocycles. The number of ether oxygens (including phenoxy) is 2. The SMILES string of the molecule is CN1C/C=C\COCC2(CNCCO2)C(=O)NC[C@@H]2CCCCN2C(=O)c2cccc(c2)S1(=O)=O.O=C(O)C(F)(F)F. The van der Waals surface area contributed by atoms with E-state index in [1.807, 2.05) is 0 Å². The summed E-state index contributed by atoms with van der Waals surface area (Å²) >= 11 is 0. The number of rotatable bonds is 0. The fourth-order valence-corrected chi connectivity index (χ4v) is 5.80. The number of carboxylic acids is 1. The highest BCUT2D eigenvalue weighted by atomic mass is 32.2. The van der Waals surface area contributed by atoms with Gasteiger partial charge in [0.05, 0.1) is 24.7 Å². The van der Waals surface area contributed by atoms with Crippen LogP contribution in [0.25, 0.3) is 0 Å². The second-order valence-electron chi connectivity index (χ2n) is 9.98. The maximum atomic E-state index is 13.4. The van der Waals surface area contributed by atoms with Crippen molar-refractivity contribution in [2.45, 2.75) is 42.0 Å². The number of fused-ring (bicyclic) bond motifs is 3. The number of carbonyl (C=O) groups is 3. The molecular weight excluding hydrogens is 585 g/mol. The fraction of sp³-hybridized carbons (Fsp3) is 0.577. The Kier molecular flexibility index (Phi) is 11.5. The van der Waals surface area contributed by atoms with Crippen molar-refractivity contribution in [3.63, 3.8) is 0 Å². The van der Waals surface area contributed by atoms with Gasteiger partial charge >= 0.3 is 12.1 Å². The average Bonchev–Trinajstić information content (AvgIpc) is 2.97. The van der Waals surface area contributed by atoms with Gasteiger partial charge in [-0.2, -0.15) is 17.5 Å². The molecule has 1 unspecified atom stereocenters. The standard InChI is InChI=1S/C24H34N4O6S.C2HF3O2/c1-27-11-4-5-13-33-18-24(17-25-10-14-34-24)23(30)26-16-20-8-2-3-12-28(20)22(29)19-7-6-9-21(15-19)35(27,31)32;3-2(4,5)1(6)7/h4-7,9,15,20,25H,2-3,8,10-14,16-18H2,1H3,(H,26,30);(H,6,7)/b5-4-;/t20-,24?;/m0./s1. The van der Waals surface area contributed by atoms with Gasteiger partial charge in [0.1, 0.15) is 0 Å². The van der Waals surface area contributed by atoms with Crippen LogP contribution in [0, 0.1) is 0 Å². The molecule has 16 heteroatoms. The Bertz CT molecular complexity index is 1250. The zero-order valence-electron chi connectivity index (χ0n) is 23.1. The number of likely N-dealkylation sites (N-methyl/N-ethyl adjacent to an activating group) is 1. The zero-order chi connectivity index (χ0) is 31.0. The lowest BCUT2D eigenvalue weighted by atomic mass is 9.99. The topological polar surface area (TPSA) is 155 Å². The molecule has 2 atom stereocenters. The van der Waals surface area contributed by atoms with Gasteiger partial charge in [0.2, 0.25) is 10.0 Å². The van der Waals surface area contributed by atoms with E-state index in [-0.39, 0.29) is 49.1 Å². The quantitative estimate of drug-likeness (QED) is 0.361. The number of hydrogen-bond donors (Lipinski definition) is 3. The van der Waals surface area contributed by atoms with E-state index in [0.717, 1.165) is 19.3 Å². The third-order valence-electron chi connectivity index (χ3n) is 6.98. The predicted molar refractivity (Wildman–Crippen MR) is 143 cm³/mol. The monoisotopic (exact) mass is 620 g/mol. The molecule has 3 aliphatic heterocycles. The number of alkyl halides is 3. The number of benzene rings is 1. The summed E-state index contributed by atoms with van der Waals surface area (Å²) < 4.78 is 70.8. The summed E-state index contributed by atoms with van der Waals surface area (Å²) in [5.41, 5.74) is -0.839. The summed E-state index contributed by atoms with van der Waals surface area (Å²) in [4.78, 5) is 37.4. The number of morpholine rings is 1. The number of nitrogens with one attached hydrogen (secondary N) is 2. The predicted octanol–water partition coefficient (Wildman–Crippen LogP) is 0.996. The van der Waals surface area contributed by atoms with Gasteiger partial charge in [-0.05, 0) is 37.5 Å². The minimum atomic E-state index is -5.08. The Hall–Kier alpha value is -3.05. The highest BCUT2D eigenvalue weighted by molar-refractivity contribution is 7.89. The van der Waals surface area contributed by atoms with Crippen LogP contribution in [-0.4, -0.2) is 118 Å². The second-order valence-corrected chi connectivity index (χ2v) is 12.0. The van der Waals surface area contributed by atoms with Crippen molar-refractivity contribution in [2.75, 3.05) is 59.6 Å². The zero-order valence-corrected chi connectivity index (χ0v) is 23.9. The van der Waals surface area contributed by atoms with Crippen molar-refractivity contribution in [1.82, 2.24) is 19.8 Å². The molecule has 2 bridgehead atoms. The first kappa shape index (κ1) is 33.5. The molecule has 1 spiro atoms. The number of piperidine rings is 1. The highest BCUT2D eigenvalue weighted by Gasteiger charge is 2.42. The first-order valence-electron chi connectivity index (χ1n) is 13.3. The Morgan fingerprint density at radius 3 is 2.60 bits per heavy atom. The summed E-state index contributed by atoms with van der Waals surface area (Å²) in [5, 5.41) is 13.3. The van der Waals surface area contributed by atoms with Crippen molar-refractivity contribution in [3.05, 3.63) is 42.0 Å². The van der Waals surface area contributed by atoms with E-state index in [0.29, 0.717) is 31.8 Å². The number of carboxylic acid groups (broad SMARTS) is 1. The van der Waals surface area contributed by atoms with Crippen LogP contribution in [0.2, 0.25) is 0 Å². The molecule has 1 aromatic carbocycles. The van der Waals surface area contributed by atoms with Gasteiger partial charge < -0.3 is 30.1 Å². The molecule has 234 valence electrons.